The topological polar surface area (TPSA) is 17.1 Å². The molecular weight excluding hydrogens is 220 g/mol. The molecule has 1 aliphatic rings. The Balaban J connectivity index is 2.28. The van der Waals surface area contributed by atoms with E-state index in [0.717, 1.165) is 25.7 Å². The highest BCUT2D eigenvalue weighted by Crippen LogP contribution is 2.15. The summed E-state index contributed by atoms with van der Waals surface area (Å²) in [6.07, 6.45) is 18.9. The number of carbonyl (C=O) groups is 1. The van der Waals surface area contributed by atoms with Crippen LogP contribution in [0, 0.1) is 5.92 Å². The molecule has 0 aromatic carbocycles. The molecule has 0 saturated heterocycles. The summed E-state index contributed by atoms with van der Waals surface area (Å²) in [5, 5.41) is 0. The smallest absolute Gasteiger partial charge is 0.132 e. The maximum atomic E-state index is 11.7. The molecule has 0 radical (unpaired) electrons. The Morgan fingerprint density at radius 3 is 2.28 bits per heavy atom. The number of hydrogen-bond acceptors (Lipinski definition) is 1. The summed E-state index contributed by atoms with van der Waals surface area (Å²) in [7, 11) is 0. The van der Waals surface area contributed by atoms with E-state index in [-0.39, 0.29) is 0 Å². The van der Waals surface area contributed by atoms with Crippen LogP contribution >= 0.6 is 0 Å². The number of carbonyl (C=O) groups excluding carboxylic acids is 1. The van der Waals surface area contributed by atoms with Crippen molar-refractivity contribution in [3.05, 3.63) is 12.2 Å². The van der Waals surface area contributed by atoms with Crippen LogP contribution in [0.3, 0.4) is 0 Å². The van der Waals surface area contributed by atoms with E-state index in [1.165, 1.54) is 51.4 Å². The molecular formula is C17H30O. The molecule has 1 heteroatoms. The van der Waals surface area contributed by atoms with Gasteiger partial charge in [-0.05, 0) is 38.0 Å². The van der Waals surface area contributed by atoms with Crippen LogP contribution in [0.1, 0.15) is 84.0 Å². The van der Waals surface area contributed by atoms with Crippen molar-refractivity contribution in [1.82, 2.24) is 0 Å². The minimum Gasteiger partial charge on any atom is -0.300 e. The van der Waals surface area contributed by atoms with Gasteiger partial charge >= 0.3 is 0 Å². The van der Waals surface area contributed by atoms with Crippen LogP contribution in [0.15, 0.2) is 12.2 Å². The first-order valence-electron chi connectivity index (χ1n) is 7.97. The molecule has 0 aromatic heterocycles. The lowest BCUT2D eigenvalue weighted by Gasteiger charge is -2.07. The first-order chi connectivity index (χ1) is 8.79. The van der Waals surface area contributed by atoms with Crippen molar-refractivity contribution in [2.24, 2.45) is 5.92 Å². The fraction of sp³-hybridized carbons (Fsp3) is 0.824. The van der Waals surface area contributed by atoms with Crippen LogP contribution in [0.25, 0.3) is 0 Å². The highest BCUT2D eigenvalue weighted by Gasteiger charge is 2.04. The number of Topliss-reactive ketones (excluding diaryl/α,β-unsaturated/α-hetero) is 1. The molecule has 0 aromatic rings. The second kappa shape index (κ2) is 10.3. The maximum Gasteiger partial charge on any atom is 0.132 e. The van der Waals surface area contributed by atoms with Crippen molar-refractivity contribution < 1.29 is 4.79 Å². The Morgan fingerprint density at radius 1 is 0.889 bits per heavy atom. The quantitative estimate of drug-likeness (QED) is 0.523. The maximum absolute atomic E-state index is 11.7. The Bertz CT molecular complexity index is 242. The lowest BCUT2D eigenvalue weighted by Crippen LogP contribution is -1.99. The van der Waals surface area contributed by atoms with Crippen molar-refractivity contribution >= 4 is 5.78 Å². The summed E-state index contributed by atoms with van der Waals surface area (Å²) in [5.41, 5.74) is 0. The summed E-state index contributed by atoms with van der Waals surface area (Å²) in [4.78, 5) is 11.7. The van der Waals surface area contributed by atoms with Gasteiger partial charge in [-0.2, -0.15) is 0 Å². The van der Waals surface area contributed by atoms with Gasteiger partial charge in [-0.1, -0.05) is 51.2 Å². The molecule has 1 unspecified atom stereocenters. The molecule has 0 amide bonds. The summed E-state index contributed by atoms with van der Waals surface area (Å²) < 4.78 is 0. The van der Waals surface area contributed by atoms with Crippen molar-refractivity contribution in [3.8, 4) is 0 Å². The molecule has 1 rings (SSSR count). The molecule has 0 fully saturated rings. The van der Waals surface area contributed by atoms with E-state index in [1.54, 1.807) is 0 Å². The molecule has 1 nitrogen and oxygen atoms in total. The van der Waals surface area contributed by atoms with Crippen molar-refractivity contribution in [3.63, 3.8) is 0 Å². The van der Waals surface area contributed by atoms with E-state index in [9.17, 15) is 4.79 Å². The number of hydrogen-bond donors (Lipinski definition) is 0. The van der Waals surface area contributed by atoms with Crippen LogP contribution in [-0.2, 0) is 4.79 Å². The molecule has 0 N–H and O–H groups in total. The lowest BCUT2D eigenvalue weighted by atomic mass is 9.99. The minimum atomic E-state index is 0.485. The van der Waals surface area contributed by atoms with Crippen molar-refractivity contribution in [1.29, 1.82) is 0 Å². The van der Waals surface area contributed by atoms with E-state index in [2.05, 4.69) is 19.1 Å². The molecule has 0 saturated carbocycles. The van der Waals surface area contributed by atoms with Gasteiger partial charge in [0.2, 0.25) is 0 Å². The third-order valence-corrected chi connectivity index (χ3v) is 3.91. The average Bonchev–Trinajstić information content (AvgIpc) is 2.34. The van der Waals surface area contributed by atoms with Crippen molar-refractivity contribution in [2.75, 3.05) is 0 Å². The minimum absolute atomic E-state index is 0.485. The van der Waals surface area contributed by atoms with Crippen molar-refractivity contribution in [2.45, 2.75) is 84.0 Å². The molecule has 1 atom stereocenters. The normalized spacial score (nSPS) is 27.8. The van der Waals surface area contributed by atoms with E-state index < -0.39 is 0 Å². The zero-order valence-electron chi connectivity index (χ0n) is 12.1. The third kappa shape index (κ3) is 8.49. The van der Waals surface area contributed by atoms with Gasteiger partial charge in [-0.15, -0.1) is 0 Å². The van der Waals surface area contributed by atoms with E-state index >= 15 is 0 Å². The Morgan fingerprint density at radius 2 is 1.50 bits per heavy atom. The Labute approximate surface area is 113 Å². The van der Waals surface area contributed by atoms with Crippen LogP contribution < -0.4 is 0 Å². The highest BCUT2D eigenvalue weighted by molar-refractivity contribution is 5.78. The molecule has 0 spiro atoms. The van der Waals surface area contributed by atoms with E-state index in [4.69, 9.17) is 0 Å². The number of ketones is 1. The van der Waals surface area contributed by atoms with Gasteiger partial charge in [0.25, 0.3) is 0 Å². The first kappa shape index (κ1) is 15.5. The SMILES string of the molecule is CC1/C=C\CCCCCCCCCC(=O)CCC1. The van der Waals surface area contributed by atoms with Gasteiger partial charge in [0, 0.05) is 12.8 Å². The zero-order valence-corrected chi connectivity index (χ0v) is 12.1. The molecule has 1 aliphatic carbocycles. The van der Waals surface area contributed by atoms with Gasteiger partial charge in [0.15, 0.2) is 0 Å². The predicted molar refractivity (Wildman–Crippen MR) is 78.7 cm³/mol. The van der Waals surface area contributed by atoms with Gasteiger partial charge in [-0.25, -0.2) is 0 Å². The molecule has 104 valence electrons. The summed E-state index contributed by atoms with van der Waals surface area (Å²) in [5.74, 6) is 1.13. The van der Waals surface area contributed by atoms with E-state index in [1.807, 2.05) is 0 Å². The van der Waals surface area contributed by atoms with Gasteiger partial charge in [-0.3, -0.25) is 4.79 Å². The molecule has 0 bridgehead atoms. The van der Waals surface area contributed by atoms with Crippen LogP contribution in [0.4, 0.5) is 0 Å². The van der Waals surface area contributed by atoms with Crippen LogP contribution in [0.2, 0.25) is 0 Å². The van der Waals surface area contributed by atoms with Crippen LogP contribution in [0.5, 0.6) is 0 Å². The van der Waals surface area contributed by atoms with Crippen LogP contribution in [-0.4, -0.2) is 5.78 Å². The van der Waals surface area contributed by atoms with Gasteiger partial charge in [0.05, 0.1) is 0 Å². The van der Waals surface area contributed by atoms with Gasteiger partial charge < -0.3 is 0 Å². The molecule has 0 heterocycles. The highest BCUT2D eigenvalue weighted by atomic mass is 16.1. The number of rotatable bonds is 0. The summed E-state index contributed by atoms with van der Waals surface area (Å²) in [6, 6.07) is 0. The Hall–Kier alpha value is -0.590. The first-order valence-corrected chi connectivity index (χ1v) is 7.97. The fourth-order valence-corrected chi connectivity index (χ4v) is 2.64. The molecule has 0 aliphatic heterocycles. The average molecular weight is 250 g/mol. The van der Waals surface area contributed by atoms with E-state index in [0.29, 0.717) is 11.7 Å². The number of allylic oxidation sites excluding steroid dienone is 2. The second-order valence-electron chi connectivity index (χ2n) is 5.85. The lowest BCUT2D eigenvalue weighted by molar-refractivity contribution is -0.119. The predicted octanol–water partition coefficient (Wildman–Crippen LogP) is 5.44. The fourth-order valence-electron chi connectivity index (χ4n) is 2.64. The summed E-state index contributed by atoms with van der Waals surface area (Å²) in [6.45, 7) is 2.27. The van der Waals surface area contributed by atoms with Gasteiger partial charge in [0.1, 0.15) is 5.78 Å². The standard InChI is InChI=1S/C17H30O/c1-16-12-9-7-5-3-2-4-6-8-10-14-17(18)15-11-13-16/h9,12,16H,2-8,10-11,13-15H2,1H3/b12-9-. The largest absolute Gasteiger partial charge is 0.300 e. The molecule has 18 heavy (non-hydrogen) atoms. The Kier molecular flexibility index (Phi) is 8.89. The zero-order chi connectivity index (χ0) is 13.1. The second-order valence-corrected chi connectivity index (χ2v) is 5.85. The monoisotopic (exact) mass is 250 g/mol. The summed E-state index contributed by atoms with van der Waals surface area (Å²) >= 11 is 0. The third-order valence-electron chi connectivity index (χ3n) is 3.91.